The average molecular weight is 303 g/mol. The quantitative estimate of drug-likeness (QED) is 0.719. The second-order valence-corrected chi connectivity index (χ2v) is 6.69. The van der Waals surface area contributed by atoms with Crippen LogP contribution in [0, 0.1) is 0 Å². The lowest BCUT2D eigenvalue weighted by atomic mass is 10.1. The topological polar surface area (TPSA) is 15.3 Å². The van der Waals surface area contributed by atoms with E-state index in [0.717, 1.165) is 17.4 Å². The lowest BCUT2D eigenvalue weighted by Crippen LogP contribution is -2.30. The van der Waals surface area contributed by atoms with E-state index in [4.69, 9.17) is 11.6 Å². The second kappa shape index (κ2) is 8.96. The smallest absolute Gasteiger partial charge is 0.0931 e. The molecule has 2 unspecified atom stereocenters. The van der Waals surface area contributed by atoms with E-state index in [-0.39, 0.29) is 0 Å². The number of nitrogens with one attached hydrogen (secondary N) is 1. The Kier molecular flexibility index (Phi) is 8.00. The summed E-state index contributed by atoms with van der Waals surface area (Å²) < 4.78 is 0.873. The van der Waals surface area contributed by atoms with Crippen molar-refractivity contribution in [2.24, 2.45) is 0 Å². The molecule has 1 heterocycles. The van der Waals surface area contributed by atoms with E-state index in [2.05, 4.69) is 49.4 Å². The van der Waals surface area contributed by atoms with Crippen molar-refractivity contribution >= 4 is 22.9 Å². The third-order valence-corrected chi connectivity index (χ3v) is 4.74. The van der Waals surface area contributed by atoms with Gasteiger partial charge in [-0.05, 0) is 63.3 Å². The van der Waals surface area contributed by atoms with Crippen LogP contribution in [0.4, 0.5) is 0 Å². The van der Waals surface area contributed by atoms with Gasteiger partial charge < -0.3 is 10.2 Å². The molecule has 0 saturated heterocycles. The van der Waals surface area contributed by atoms with Gasteiger partial charge in [-0.15, -0.1) is 11.3 Å². The van der Waals surface area contributed by atoms with E-state index in [1.807, 2.05) is 0 Å². The Labute approximate surface area is 127 Å². The Morgan fingerprint density at radius 2 is 2.00 bits per heavy atom. The van der Waals surface area contributed by atoms with Crippen LogP contribution < -0.4 is 5.32 Å². The standard InChI is InChI=1S/C15H27ClN2S/c1-5-18(6-2)9-7-8-12(3)17-13(4)14-10-15(16)19-11-14/h10-13,17H,5-9H2,1-4H3. The molecule has 0 saturated carbocycles. The van der Waals surface area contributed by atoms with E-state index in [9.17, 15) is 0 Å². The van der Waals surface area contributed by atoms with Crippen LogP contribution in [-0.2, 0) is 0 Å². The highest BCUT2D eigenvalue weighted by Crippen LogP contribution is 2.25. The zero-order chi connectivity index (χ0) is 14.3. The molecule has 0 amide bonds. The monoisotopic (exact) mass is 302 g/mol. The largest absolute Gasteiger partial charge is 0.308 e. The van der Waals surface area contributed by atoms with Crippen molar-refractivity contribution < 1.29 is 0 Å². The minimum Gasteiger partial charge on any atom is -0.308 e. The summed E-state index contributed by atoms with van der Waals surface area (Å²) in [5, 5.41) is 5.79. The Bertz CT molecular complexity index is 350. The molecule has 1 rings (SSSR count). The van der Waals surface area contributed by atoms with Gasteiger partial charge in [-0.1, -0.05) is 25.4 Å². The fraction of sp³-hybridized carbons (Fsp3) is 0.733. The summed E-state index contributed by atoms with van der Waals surface area (Å²) in [6.45, 7) is 12.5. The Hall–Kier alpha value is -0.0900. The van der Waals surface area contributed by atoms with E-state index >= 15 is 0 Å². The molecule has 1 N–H and O–H groups in total. The van der Waals surface area contributed by atoms with Crippen molar-refractivity contribution in [1.82, 2.24) is 10.2 Å². The number of hydrogen-bond acceptors (Lipinski definition) is 3. The summed E-state index contributed by atoms with van der Waals surface area (Å²) in [5.41, 5.74) is 1.30. The molecule has 0 fully saturated rings. The van der Waals surface area contributed by atoms with E-state index in [1.165, 1.54) is 24.9 Å². The lowest BCUT2D eigenvalue weighted by molar-refractivity contribution is 0.288. The summed E-state index contributed by atoms with van der Waals surface area (Å²) >= 11 is 7.58. The summed E-state index contributed by atoms with van der Waals surface area (Å²) in [7, 11) is 0. The summed E-state index contributed by atoms with van der Waals surface area (Å²) in [5.74, 6) is 0. The first-order chi connectivity index (χ1) is 9.06. The minimum absolute atomic E-state index is 0.382. The fourth-order valence-electron chi connectivity index (χ4n) is 2.32. The van der Waals surface area contributed by atoms with Gasteiger partial charge in [0.2, 0.25) is 0 Å². The first-order valence-corrected chi connectivity index (χ1v) is 8.54. The molecule has 1 aromatic heterocycles. The summed E-state index contributed by atoms with van der Waals surface area (Å²) in [4.78, 5) is 2.48. The van der Waals surface area contributed by atoms with Gasteiger partial charge in [-0.2, -0.15) is 0 Å². The SMILES string of the molecule is CCN(CC)CCCC(C)NC(C)c1csc(Cl)c1. The highest BCUT2D eigenvalue weighted by atomic mass is 35.5. The molecular weight excluding hydrogens is 276 g/mol. The van der Waals surface area contributed by atoms with Crippen LogP contribution in [0.1, 0.15) is 52.1 Å². The Morgan fingerprint density at radius 1 is 1.32 bits per heavy atom. The third-order valence-electron chi connectivity index (χ3n) is 3.63. The maximum absolute atomic E-state index is 5.98. The number of rotatable bonds is 9. The normalized spacial score (nSPS) is 14.8. The van der Waals surface area contributed by atoms with E-state index < -0.39 is 0 Å². The van der Waals surface area contributed by atoms with Gasteiger partial charge in [0.05, 0.1) is 4.34 Å². The number of hydrogen-bond donors (Lipinski definition) is 1. The maximum Gasteiger partial charge on any atom is 0.0931 e. The van der Waals surface area contributed by atoms with Crippen molar-refractivity contribution in [3.8, 4) is 0 Å². The van der Waals surface area contributed by atoms with E-state index in [1.54, 1.807) is 11.3 Å². The van der Waals surface area contributed by atoms with Crippen LogP contribution in [-0.4, -0.2) is 30.6 Å². The highest BCUT2D eigenvalue weighted by molar-refractivity contribution is 7.14. The van der Waals surface area contributed by atoms with Crippen LogP contribution in [0.2, 0.25) is 4.34 Å². The van der Waals surface area contributed by atoms with Crippen LogP contribution >= 0.6 is 22.9 Å². The van der Waals surface area contributed by atoms with Gasteiger partial charge in [0.25, 0.3) is 0 Å². The van der Waals surface area contributed by atoms with Gasteiger partial charge in [-0.3, -0.25) is 0 Å². The van der Waals surface area contributed by atoms with Crippen molar-refractivity contribution in [3.63, 3.8) is 0 Å². The van der Waals surface area contributed by atoms with Crippen molar-refractivity contribution in [1.29, 1.82) is 0 Å². The Morgan fingerprint density at radius 3 is 2.53 bits per heavy atom. The molecule has 1 aromatic rings. The van der Waals surface area contributed by atoms with Gasteiger partial charge in [0, 0.05) is 12.1 Å². The van der Waals surface area contributed by atoms with Gasteiger partial charge in [0.1, 0.15) is 0 Å². The molecule has 110 valence electrons. The number of nitrogens with zero attached hydrogens (tertiary/aromatic N) is 1. The lowest BCUT2D eigenvalue weighted by Gasteiger charge is -2.22. The molecule has 0 spiro atoms. The molecule has 0 bridgehead atoms. The molecular formula is C15H27ClN2S. The molecule has 0 aliphatic carbocycles. The second-order valence-electron chi connectivity index (χ2n) is 5.14. The van der Waals surface area contributed by atoms with Crippen molar-refractivity contribution in [3.05, 3.63) is 21.3 Å². The number of thiophene rings is 1. The van der Waals surface area contributed by atoms with Gasteiger partial charge in [-0.25, -0.2) is 0 Å². The third kappa shape index (κ3) is 6.26. The highest BCUT2D eigenvalue weighted by Gasteiger charge is 2.11. The molecule has 2 nitrogen and oxygen atoms in total. The zero-order valence-corrected chi connectivity index (χ0v) is 14.2. The van der Waals surface area contributed by atoms with Crippen LogP contribution in [0.25, 0.3) is 0 Å². The van der Waals surface area contributed by atoms with Crippen molar-refractivity contribution in [2.45, 2.75) is 52.6 Å². The van der Waals surface area contributed by atoms with Crippen LogP contribution in [0.3, 0.4) is 0 Å². The minimum atomic E-state index is 0.382. The molecule has 0 aromatic carbocycles. The predicted molar refractivity (Wildman–Crippen MR) is 87.4 cm³/mol. The molecule has 0 aliphatic rings. The zero-order valence-electron chi connectivity index (χ0n) is 12.6. The molecule has 4 heteroatoms. The summed E-state index contributed by atoms with van der Waals surface area (Å²) in [6, 6.07) is 2.99. The first-order valence-electron chi connectivity index (χ1n) is 7.29. The predicted octanol–water partition coefficient (Wildman–Crippen LogP) is 4.56. The summed E-state index contributed by atoms with van der Waals surface area (Å²) in [6.07, 6.45) is 2.48. The molecule has 0 radical (unpaired) electrons. The van der Waals surface area contributed by atoms with Crippen LogP contribution in [0.15, 0.2) is 11.4 Å². The Balaban J connectivity index is 2.25. The van der Waals surface area contributed by atoms with Crippen LogP contribution in [0.5, 0.6) is 0 Å². The van der Waals surface area contributed by atoms with E-state index in [0.29, 0.717) is 12.1 Å². The molecule has 2 atom stereocenters. The van der Waals surface area contributed by atoms with Gasteiger partial charge in [0.15, 0.2) is 0 Å². The maximum atomic E-state index is 5.98. The fourth-order valence-corrected chi connectivity index (χ4v) is 3.30. The molecule has 0 aliphatic heterocycles. The number of halogens is 1. The first kappa shape index (κ1) is 17.0. The molecule has 19 heavy (non-hydrogen) atoms. The van der Waals surface area contributed by atoms with Crippen molar-refractivity contribution in [2.75, 3.05) is 19.6 Å². The van der Waals surface area contributed by atoms with Gasteiger partial charge >= 0.3 is 0 Å². The average Bonchev–Trinajstić information content (AvgIpc) is 2.81.